The van der Waals surface area contributed by atoms with Crippen LogP contribution in [-0.2, 0) is 32.6 Å². The molecule has 0 aliphatic carbocycles. The fraction of sp³-hybridized carbons (Fsp3) is 0.276. The highest BCUT2D eigenvalue weighted by Crippen LogP contribution is 2.23. The van der Waals surface area contributed by atoms with E-state index in [0.29, 0.717) is 22.7 Å². The van der Waals surface area contributed by atoms with Crippen LogP contribution in [0.1, 0.15) is 35.3 Å². The highest BCUT2D eigenvalue weighted by molar-refractivity contribution is 7.92. The Kier molecular flexibility index (Phi) is 10.3. The van der Waals surface area contributed by atoms with Crippen molar-refractivity contribution in [1.29, 1.82) is 0 Å². The Labute approximate surface area is 234 Å². The maximum atomic E-state index is 14.0. The van der Waals surface area contributed by atoms with Crippen molar-refractivity contribution < 1.29 is 22.8 Å². The second-order valence-electron chi connectivity index (χ2n) is 9.09. The van der Waals surface area contributed by atoms with Gasteiger partial charge in [-0.05, 0) is 43.2 Å². The van der Waals surface area contributed by atoms with Gasteiger partial charge in [0, 0.05) is 30.1 Å². The van der Waals surface area contributed by atoms with Crippen LogP contribution in [0.25, 0.3) is 0 Å². The van der Waals surface area contributed by atoms with Gasteiger partial charge in [-0.2, -0.15) is 0 Å². The third kappa shape index (κ3) is 8.15. The van der Waals surface area contributed by atoms with Crippen LogP contribution in [0, 0.1) is 0 Å². The lowest BCUT2D eigenvalue weighted by atomic mass is 10.0. The number of carbonyl (C=O) groups is 3. The Balaban J connectivity index is 2.07. The standard InChI is InChI=1S/C29H32ClN3O5S/c1-4-31-29(36)27(17-22-11-6-5-7-12-22)32(19-24-13-8-9-16-26(24)30)28(35)20-33(39(3,37)38)25-15-10-14-23(18-25)21(2)34/h5-16,18,27H,4,17,19-20H2,1-3H3,(H,31,36). The zero-order valence-electron chi connectivity index (χ0n) is 22.1. The fourth-order valence-corrected chi connectivity index (χ4v) is 5.19. The van der Waals surface area contributed by atoms with Crippen molar-refractivity contribution in [3.05, 3.63) is 101 Å². The largest absolute Gasteiger partial charge is 0.355 e. The molecule has 10 heteroatoms. The highest BCUT2D eigenvalue weighted by Gasteiger charge is 2.33. The molecule has 0 saturated carbocycles. The first-order valence-corrected chi connectivity index (χ1v) is 14.7. The molecule has 1 unspecified atom stereocenters. The van der Waals surface area contributed by atoms with Crippen LogP contribution in [0.5, 0.6) is 0 Å². The number of carbonyl (C=O) groups excluding carboxylic acids is 3. The Hall–Kier alpha value is -3.69. The minimum Gasteiger partial charge on any atom is -0.355 e. The molecular formula is C29H32ClN3O5S. The molecule has 0 aromatic heterocycles. The first kappa shape index (κ1) is 29.9. The maximum absolute atomic E-state index is 14.0. The Morgan fingerprint density at radius 1 is 0.949 bits per heavy atom. The average Bonchev–Trinajstić information content (AvgIpc) is 2.90. The number of rotatable bonds is 12. The van der Waals surface area contributed by atoms with Crippen molar-refractivity contribution in [1.82, 2.24) is 10.2 Å². The molecule has 1 atom stereocenters. The molecule has 0 saturated heterocycles. The molecule has 1 N–H and O–H groups in total. The van der Waals surface area contributed by atoms with E-state index in [1.54, 1.807) is 43.3 Å². The van der Waals surface area contributed by atoms with Gasteiger partial charge < -0.3 is 10.2 Å². The summed E-state index contributed by atoms with van der Waals surface area (Å²) in [6.07, 6.45) is 1.20. The number of amides is 2. The van der Waals surface area contributed by atoms with Crippen LogP contribution < -0.4 is 9.62 Å². The van der Waals surface area contributed by atoms with Crippen molar-refractivity contribution in [2.24, 2.45) is 0 Å². The monoisotopic (exact) mass is 569 g/mol. The van der Waals surface area contributed by atoms with Gasteiger partial charge in [0.2, 0.25) is 21.8 Å². The molecule has 0 radical (unpaired) electrons. The maximum Gasteiger partial charge on any atom is 0.244 e. The molecule has 206 valence electrons. The van der Waals surface area contributed by atoms with Crippen molar-refractivity contribution in [3.8, 4) is 0 Å². The predicted octanol–water partition coefficient (Wildman–Crippen LogP) is 4.08. The molecule has 8 nitrogen and oxygen atoms in total. The minimum atomic E-state index is -3.94. The molecule has 3 rings (SSSR count). The van der Waals surface area contributed by atoms with Crippen LogP contribution in [-0.4, -0.2) is 56.3 Å². The van der Waals surface area contributed by atoms with E-state index in [1.807, 2.05) is 30.3 Å². The van der Waals surface area contributed by atoms with Gasteiger partial charge in [0.25, 0.3) is 0 Å². The molecule has 39 heavy (non-hydrogen) atoms. The van der Waals surface area contributed by atoms with Crippen molar-refractivity contribution in [3.63, 3.8) is 0 Å². The quantitative estimate of drug-likeness (QED) is 0.331. The summed E-state index contributed by atoms with van der Waals surface area (Å²) in [5.74, 6) is -1.21. The van der Waals surface area contributed by atoms with Gasteiger partial charge in [-0.1, -0.05) is 72.3 Å². The summed E-state index contributed by atoms with van der Waals surface area (Å²) in [7, 11) is -3.94. The number of halogens is 1. The van der Waals surface area contributed by atoms with Crippen LogP contribution >= 0.6 is 11.6 Å². The van der Waals surface area contributed by atoms with Crippen molar-refractivity contribution in [2.75, 3.05) is 23.7 Å². The average molecular weight is 570 g/mol. The minimum absolute atomic E-state index is 0.0156. The van der Waals surface area contributed by atoms with Gasteiger partial charge in [-0.15, -0.1) is 0 Å². The van der Waals surface area contributed by atoms with Crippen LogP contribution in [0.4, 0.5) is 5.69 Å². The molecule has 2 amide bonds. The van der Waals surface area contributed by atoms with Gasteiger partial charge in [-0.3, -0.25) is 18.7 Å². The van der Waals surface area contributed by atoms with Crippen LogP contribution in [0.3, 0.4) is 0 Å². The van der Waals surface area contributed by atoms with Gasteiger partial charge in [0.15, 0.2) is 5.78 Å². The Morgan fingerprint density at radius 2 is 1.62 bits per heavy atom. The smallest absolute Gasteiger partial charge is 0.244 e. The lowest BCUT2D eigenvalue weighted by Crippen LogP contribution is -2.53. The third-order valence-electron chi connectivity index (χ3n) is 6.14. The van der Waals surface area contributed by atoms with E-state index in [9.17, 15) is 22.8 Å². The number of Topliss-reactive ketones (excluding diaryl/α,β-unsaturated/α-hetero) is 1. The van der Waals surface area contributed by atoms with E-state index in [1.165, 1.54) is 24.0 Å². The first-order valence-electron chi connectivity index (χ1n) is 12.4. The predicted molar refractivity (Wildman–Crippen MR) is 153 cm³/mol. The number of nitrogens with one attached hydrogen (secondary N) is 1. The lowest BCUT2D eigenvalue weighted by Gasteiger charge is -2.33. The summed E-state index contributed by atoms with van der Waals surface area (Å²) < 4.78 is 26.6. The lowest BCUT2D eigenvalue weighted by molar-refractivity contribution is -0.140. The SMILES string of the molecule is CCNC(=O)C(Cc1ccccc1)N(Cc1ccccc1Cl)C(=O)CN(c1cccc(C(C)=O)c1)S(C)(=O)=O. The van der Waals surface area contributed by atoms with Crippen LogP contribution in [0.2, 0.25) is 5.02 Å². The molecule has 0 heterocycles. The zero-order chi connectivity index (χ0) is 28.6. The van der Waals surface area contributed by atoms with E-state index in [0.717, 1.165) is 16.1 Å². The summed E-state index contributed by atoms with van der Waals surface area (Å²) in [6, 6.07) is 21.4. The van der Waals surface area contributed by atoms with Crippen molar-refractivity contribution in [2.45, 2.75) is 32.9 Å². The topological polar surface area (TPSA) is 104 Å². The van der Waals surface area contributed by atoms with E-state index < -0.39 is 28.5 Å². The second kappa shape index (κ2) is 13.4. The second-order valence-corrected chi connectivity index (χ2v) is 11.4. The molecule has 0 aliphatic rings. The van der Waals surface area contributed by atoms with Crippen molar-refractivity contribution >= 4 is 44.9 Å². The molecule has 0 spiro atoms. The molecule has 0 aliphatic heterocycles. The Morgan fingerprint density at radius 3 is 2.23 bits per heavy atom. The number of likely N-dealkylation sites (N-methyl/N-ethyl adjacent to an activating group) is 1. The van der Waals surface area contributed by atoms with E-state index in [-0.39, 0.29) is 30.3 Å². The summed E-state index contributed by atoms with van der Waals surface area (Å²) in [5, 5.41) is 3.22. The molecule has 0 bridgehead atoms. The number of hydrogen-bond donors (Lipinski definition) is 1. The molecule has 3 aromatic rings. The van der Waals surface area contributed by atoms with E-state index in [2.05, 4.69) is 5.32 Å². The first-order chi connectivity index (χ1) is 18.5. The number of benzene rings is 3. The Bertz CT molecular complexity index is 1430. The number of ketones is 1. The summed E-state index contributed by atoms with van der Waals surface area (Å²) in [5.41, 5.74) is 1.93. The molecule has 3 aromatic carbocycles. The summed E-state index contributed by atoms with van der Waals surface area (Å²) in [6.45, 7) is 2.92. The number of sulfonamides is 1. The highest BCUT2D eigenvalue weighted by atomic mass is 35.5. The fourth-order valence-electron chi connectivity index (χ4n) is 4.15. The van der Waals surface area contributed by atoms with E-state index in [4.69, 9.17) is 11.6 Å². The van der Waals surface area contributed by atoms with Gasteiger partial charge in [0.05, 0.1) is 11.9 Å². The number of nitrogens with zero attached hydrogens (tertiary/aromatic N) is 2. The third-order valence-corrected chi connectivity index (χ3v) is 7.65. The van der Waals surface area contributed by atoms with Crippen LogP contribution in [0.15, 0.2) is 78.9 Å². The molecule has 0 fully saturated rings. The van der Waals surface area contributed by atoms with Gasteiger partial charge >= 0.3 is 0 Å². The molecular weight excluding hydrogens is 538 g/mol. The summed E-state index contributed by atoms with van der Waals surface area (Å²) >= 11 is 6.42. The van der Waals surface area contributed by atoms with Gasteiger partial charge in [-0.25, -0.2) is 8.42 Å². The summed E-state index contributed by atoms with van der Waals surface area (Å²) in [4.78, 5) is 40.6. The van der Waals surface area contributed by atoms with Gasteiger partial charge in [0.1, 0.15) is 12.6 Å². The normalized spacial score (nSPS) is 11.9. The van der Waals surface area contributed by atoms with E-state index >= 15 is 0 Å². The number of hydrogen-bond acceptors (Lipinski definition) is 5. The number of anilines is 1. The zero-order valence-corrected chi connectivity index (χ0v) is 23.7.